The summed E-state index contributed by atoms with van der Waals surface area (Å²) in [5, 5.41) is 3.78. The maximum absolute atomic E-state index is 3.78. The van der Waals surface area contributed by atoms with Crippen molar-refractivity contribution in [2.24, 2.45) is 0 Å². The van der Waals surface area contributed by atoms with Crippen molar-refractivity contribution in [3.8, 4) is 0 Å². The van der Waals surface area contributed by atoms with E-state index >= 15 is 0 Å². The molecule has 1 N–H and O–H groups in total. The molecule has 0 amide bonds. The molecule has 0 aromatic heterocycles. The molecule has 1 saturated heterocycles. The number of hydrogen-bond donors (Lipinski definition) is 1. The smallest absolute Gasteiger partial charge is 0.0304 e. The molecule has 2 atom stereocenters. The lowest BCUT2D eigenvalue weighted by Crippen LogP contribution is -2.68. The van der Waals surface area contributed by atoms with Crippen molar-refractivity contribution >= 4 is 11.8 Å². The Balaban J connectivity index is 1.94. The van der Waals surface area contributed by atoms with Crippen molar-refractivity contribution in [1.29, 1.82) is 0 Å². The Kier molecular flexibility index (Phi) is 5.75. The molecule has 1 aliphatic rings. The van der Waals surface area contributed by atoms with E-state index in [-0.39, 0.29) is 5.54 Å². The molecule has 0 radical (unpaired) electrons. The van der Waals surface area contributed by atoms with E-state index in [9.17, 15) is 0 Å². The first-order chi connectivity index (χ1) is 10.0. The Hall–Kier alpha value is -0.510. The molecule has 1 aromatic rings. The average Bonchev–Trinajstić information content (AvgIpc) is 2.52. The molecule has 3 heteroatoms. The van der Waals surface area contributed by atoms with Gasteiger partial charge in [-0.25, -0.2) is 0 Å². The van der Waals surface area contributed by atoms with Crippen LogP contribution < -0.4 is 5.32 Å². The molecule has 0 spiro atoms. The third-order valence-electron chi connectivity index (χ3n) is 5.11. The molecule has 21 heavy (non-hydrogen) atoms. The number of benzene rings is 1. The highest BCUT2D eigenvalue weighted by molar-refractivity contribution is 7.99. The summed E-state index contributed by atoms with van der Waals surface area (Å²) in [4.78, 5) is 4.09. The van der Waals surface area contributed by atoms with Crippen molar-refractivity contribution in [3.63, 3.8) is 0 Å². The highest BCUT2D eigenvalue weighted by Crippen LogP contribution is 2.29. The molecule has 2 rings (SSSR count). The van der Waals surface area contributed by atoms with Crippen LogP contribution in [0.1, 0.15) is 40.5 Å². The van der Waals surface area contributed by atoms with Gasteiger partial charge >= 0.3 is 0 Å². The van der Waals surface area contributed by atoms with Crippen LogP contribution in [0.5, 0.6) is 0 Å². The summed E-state index contributed by atoms with van der Waals surface area (Å²) in [5.74, 6) is 1.17. The fourth-order valence-electron chi connectivity index (χ4n) is 2.91. The van der Waals surface area contributed by atoms with Crippen LogP contribution in [0.2, 0.25) is 0 Å². The molecule has 1 heterocycles. The van der Waals surface area contributed by atoms with Gasteiger partial charge in [0.2, 0.25) is 0 Å². The van der Waals surface area contributed by atoms with E-state index < -0.39 is 0 Å². The van der Waals surface area contributed by atoms with Crippen LogP contribution in [0.15, 0.2) is 35.2 Å². The monoisotopic (exact) mass is 306 g/mol. The fourth-order valence-corrected chi connectivity index (χ4v) is 3.81. The zero-order chi connectivity index (χ0) is 15.3. The zero-order valence-electron chi connectivity index (χ0n) is 14.0. The summed E-state index contributed by atoms with van der Waals surface area (Å²) in [6, 6.07) is 10.7. The molecule has 0 bridgehead atoms. The van der Waals surface area contributed by atoms with Gasteiger partial charge in [0.1, 0.15) is 0 Å². The number of hydrogen-bond acceptors (Lipinski definition) is 3. The van der Waals surface area contributed by atoms with E-state index in [2.05, 4.69) is 68.2 Å². The molecular formula is C18H30N2S. The van der Waals surface area contributed by atoms with Gasteiger partial charge in [-0.15, -0.1) is 11.8 Å². The second-order valence-corrected chi connectivity index (χ2v) is 7.87. The summed E-state index contributed by atoms with van der Waals surface area (Å²) >= 11 is 1.97. The normalized spacial score (nSPS) is 30.5. The summed E-state index contributed by atoms with van der Waals surface area (Å²) in [5.41, 5.74) is 0.567. The maximum Gasteiger partial charge on any atom is 0.0304 e. The maximum atomic E-state index is 3.78. The average molecular weight is 307 g/mol. The van der Waals surface area contributed by atoms with Crippen LogP contribution >= 0.6 is 11.8 Å². The third-order valence-corrected chi connectivity index (χ3v) is 6.11. The topological polar surface area (TPSA) is 15.3 Å². The van der Waals surface area contributed by atoms with Crippen LogP contribution in [0, 0.1) is 0 Å². The Morgan fingerprint density at radius 2 is 1.86 bits per heavy atom. The van der Waals surface area contributed by atoms with Gasteiger partial charge in [-0.3, -0.25) is 4.90 Å². The van der Waals surface area contributed by atoms with E-state index in [0.717, 1.165) is 13.1 Å². The minimum atomic E-state index is 0.270. The predicted molar refractivity (Wildman–Crippen MR) is 94.1 cm³/mol. The summed E-state index contributed by atoms with van der Waals surface area (Å²) in [6.07, 6.45) is 2.39. The first-order valence-electron chi connectivity index (χ1n) is 8.19. The molecule has 1 aliphatic heterocycles. The van der Waals surface area contributed by atoms with E-state index in [0.29, 0.717) is 5.54 Å². The standard InChI is InChI=1S/C18H30N2S/c1-5-17(3)15-20(18(4,6-2)14-19-17)12-13-21-16-10-8-7-9-11-16/h7-11,19H,5-6,12-15H2,1-4H3. The van der Waals surface area contributed by atoms with E-state index in [1.807, 2.05) is 11.8 Å². The molecule has 0 aliphatic carbocycles. The molecule has 1 aromatic carbocycles. The van der Waals surface area contributed by atoms with E-state index in [4.69, 9.17) is 0 Å². The van der Waals surface area contributed by atoms with Crippen LogP contribution in [0.3, 0.4) is 0 Å². The van der Waals surface area contributed by atoms with Crippen LogP contribution in [0.4, 0.5) is 0 Å². The van der Waals surface area contributed by atoms with Crippen molar-refractivity contribution in [3.05, 3.63) is 30.3 Å². The predicted octanol–water partition coefficient (Wildman–Crippen LogP) is 4.02. The molecule has 118 valence electrons. The minimum Gasteiger partial charge on any atom is -0.308 e. The lowest BCUT2D eigenvalue weighted by molar-refractivity contribution is 0.0224. The second kappa shape index (κ2) is 7.17. The van der Waals surface area contributed by atoms with Gasteiger partial charge in [0, 0.05) is 41.4 Å². The van der Waals surface area contributed by atoms with Crippen molar-refractivity contribution in [2.45, 2.75) is 56.5 Å². The quantitative estimate of drug-likeness (QED) is 0.799. The SMILES string of the molecule is CCC1(C)CN(CCSc2ccccc2)C(C)(CC)CN1. The summed E-state index contributed by atoms with van der Waals surface area (Å²) in [6.45, 7) is 12.8. The van der Waals surface area contributed by atoms with Gasteiger partial charge in [0.15, 0.2) is 0 Å². The molecule has 1 fully saturated rings. The van der Waals surface area contributed by atoms with Gasteiger partial charge in [0.25, 0.3) is 0 Å². The fraction of sp³-hybridized carbons (Fsp3) is 0.667. The number of nitrogens with zero attached hydrogens (tertiary/aromatic N) is 1. The van der Waals surface area contributed by atoms with Crippen molar-refractivity contribution in [2.75, 3.05) is 25.4 Å². The van der Waals surface area contributed by atoms with E-state index in [1.54, 1.807) is 0 Å². The lowest BCUT2D eigenvalue weighted by Gasteiger charge is -2.52. The van der Waals surface area contributed by atoms with Gasteiger partial charge in [-0.1, -0.05) is 32.0 Å². The first-order valence-corrected chi connectivity index (χ1v) is 9.18. The Morgan fingerprint density at radius 1 is 1.14 bits per heavy atom. The Labute approximate surface area is 134 Å². The highest BCUT2D eigenvalue weighted by atomic mass is 32.2. The zero-order valence-corrected chi connectivity index (χ0v) is 14.8. The Bertz CT molecular complexity index is 436. The molecular weight excluding hydrogens is 276 g/mol. The van der Waals surface area contributed by atoms with Gasteiger partial charge in [0.05, 0.1) is 0 Å². The van der Waals surface area contributed by atoms with Crippen LogP contribution in [0.25, 0.3) is 0 Å². The summed E-state index contributed by atoms with van der Waals surface area (Å²) < 4.78 is 0. The van der Waals surface area contributed by atoms with Gasteiger partial charge < -0.3 is 5.32 Å². The highest BCUT2D eigenvalue weighted by Gasteiger charge is 2.40. The first kappa shape index (κ1) is 16.9. The van der Waals surface area contributed by atoms with E-state index in [1.165, 1.54) is 30.0 Å². The van der Waals surface area contributed by atoms with Crippen LogP contribution in [-0.4, -0.2) is 41.4 Å². The van der Waals surface area contributed by atoms with Gasteiger partial charge in [-0.2, -0.15) is 0 Å². The minimum absolute atomic E-state index is 0.270. The third kappa shape index (κ3) is 4.24. The molecule has 0 saturated carbocycles. The van der Waals surface area contributed by atoms with Crippen molar-refractivity contribution in [1.82, 2.24) is 10.2 Å². The second-order valence-electron chi connectivity index (χ2n) is 6.70. The number of rotatable bonds is 6. The van der Waals surface area contributed by atoms with Crippen molar-refractivity contribution < 1.29 is 0 Å². The summed E-state index contributed by atoms with van der Waals surface area (Å²) in [7, 11) is 0. The Morgan fingerprint density at radius 3 is 2.48 bits per heavy atom. The lowest BCUT2D eigenvalue weighted by atomic mass is 9.86. The number of nitrogens with one attached hydrogen (secondary N) is 1. The molecule has 2 unspecified atom stereocenters. The molecule has 2 nitrogen and oxygen atoms in total. The largest absolute Gasteiger partial charge is 0.308 e. The van der Waals surface area contributed by atoms with Crippen LogP contribution in [-0.2, 0) is 0 Å². The van der Waals surface area contributed by atoms with Gasteiger partial charge in [-0.05, 0) is 38.8 Å². The number of piperazine rings is 1. The number of thioether (sulfide) groups is 1.